The summed E-state index contributed by atoms with van der Waals surface area (Å²) >= 11 is 1.94. The van der Waals surface area contributed by atoms with Crippen LogP contribution in [0.25, 0.3) is 0 Å². The van der Waals surface area contributed by atoms with E-state index in [1.54, 1.807) is 0 Å². The average Bonchev–Trinajstić information content (AvgIpc) is 2.83. The van der Waals surface area contributed by atoms with Crippen molar-refractivity contribution in [2.24, 2.45) is 0 Å². The van der Waals surface area contributed by atoms with Gasteiger partial charge >= 0.3 is 0 Å². The summed E-state index contributed by atoms with van der Waals surface area (Å²) in [6, 6.07) is 8.65. The minimum absolute atomic E-state index is 0.566. The summed E-state index contributed by atoms with van der Waals surface area (Å²) in [6.45, 7) is 2.99. The third-order valence-electron chi connectivity index (χ3n) is 4.07. The normalized spacial score (nSPS) is 25.2. The summed E-state index contributed by atoms with van der Waals surface area (Å²) in [5, 5.41) is 13.9. The molecule has 2 N–H and O–H groups in total. The van der Waals surface area contributed by atoms with E-state index < -0.39 is 5.60 Å². The van der Waals surface area contributed by atoms with Crippen molar-refractivity contribution in [1.29, 1.82) is 0 Å². The lowest BCUT2D eigenvalue weighted by Crippen LogP contribution is -2.45. The smallest absolute Gasteiger partial charge is 0.0815 e. The molecule has 104 valence electrons. The molecule has 3 rings (SSSR count). The largest absolute Gasteiger partial charge is 0.388 e. The predicted molar refractivity (Wildman–Crippen MR) is 77.8 cm³/mol. The number of aliphatic hydroxyl groups is 1. The highest BCUT2D eigenvalue weighted by atomic mass is 32.2. The number of fused-ring (bicyclic) bond motifs is 1. The molecular weight excluding hydrogens is 258 g/mol. The fourth-order valence-corrected chi connectivity index (χ4v) is 4.06. The van der Waals surface area contributed by atoms with Crippen LogP contribution >= 0.6 is 11.8 Å². The Hall–Kier alpha value is -0.550. The van der Waals surface area contributed by atoms with Gasteiger partial charge in [-0.3, -0.25) is 0 Å². The molecule has 1 aromatic rings. The van der Waals surface area contributed by atoms with Gasteiger partial charge in [-0.05, 0) is 11.6 Å². The van der Waals surface area contributed by atoms with Crippen molar-refractivity contribution < 1.29 is 9.84 Å². The van der Waals surface area contributed by atoms with Gasteiger partial charge < -0.3 is 15.2 Å². The molecule has 1 aromatic carbocycles. The van der Waals surface area contributed by atoms with Crippen LogP contribution in [-0.4, -0.2) is 42.8 Å². The van der Waals surface area contributed by atoms with Gasteiger partial charge in [0.2, 0.25) is 0 Å². The molecule has 1 atom stereocenters. The Labute approximate surface area is 118 Å². The number of benzene rings is 1. The molecule has 0 spiro atoms. The van der Waals surface area contributed by atoms with Gasteiger partial charge in [-0.1, -0.05) is 18.2 Å². The van der Waals surface area contributed by atoms with Crippen molar-refractivity contribution in [3.05, 3.63) is 29.8 Å². The maximum atomic E-state index is 10.4. The van der Waals surface area contributed by atoms with Crippen molar-refractivity contribution in [2.45, 2.75) is 29.3 Å². The standard InChI is InChI=1S/C15H21NO2S/c17-15(5-7-18-8-6-15)11-16-9-12-10-19-14-4-2-1-3-13(12)14/h1-4,12,16-17H,5-11H2. The Bertz CT molecular complexity index is 432. The quantitative estimate of drug-likeness (QED) is 0.884. The summed E-state index contributed by atoms with van der Waals surface area (Å²) in [5.74, 6) is 1.72. The van der Waals surface area contributed by atoms with Crippen LogP contribution < -0.4 is 5.32 Å². The first kappa shape index (κ1) is 13.4. The zero-order chi connectivity index (χ0) is 13.1. The van der Waals surface area contributed by atoms with Crippen LogP contribution in [0, 0.1) is 0 Å². The number of hydrogen-bond donors (Lipinski definition) is 2. The number of hydrogen-bond acceptors (Lipinski definition) is 4. The lowest BCUT2D eigenvalue weighted by atomic mass is 9.94. The molecule has 2 aliphatic heterocycles. The first-order valence-corrected chi connectivity index (χ1v) is 7.98. The number of rotatable bonds is 4. The van der Waals surface area contributed by atoms with Gasteiger partial charge in [0.05, 0.1) is 5.60 Å². The van der Waals surface area contributed by atoms with Gasteiger partial charge in [0.25, 0.3) is 0 Å². The SMILES string of the molecule is OC1(CNCC2CSc3ccccc32)CCOCC1. The van der Waals surface area contributed by atoms with E-state index in [0.717, 1.165) is 25.1 Å². The van der Waals surface area contributed by atoms with E-state index in [2.05, 4.69) is 29.6 Å². The van der Waals surface area contributed by atoms with E-state index >= 15 is 0 Å². The minimum Gasteiger partial charge on any atom is -0.388 e. The molecular formula is C15H21NO2S. The van der Waals surface area contributed by atoms with Crippen LogP contribution in [0.3, 0.4) is 0 Å². The molecule has 4 heteroatoms. The lowest BCUT2D eigenvalue weighted by Gasteiger charge is -2.32. The fourth-order valence-electron chi connectivity index (χ4n) is 2.81. The van der Waals surface area contributed by atoms with Gasteiger partial charge in [-0.25, -0.2) is 0 Å². The summed E-state index contributed by atoms with van der Waals surface area (Å²) in [4.78, 5) is 1.42. The van der Waals surface area contributed by atoms with Gasteiger partial charge in [0, 0.05) is 55.7 Å². The third-order valence-corrected chi connectivity index (χ3v) is 5.32. The summed E-state index contributed by atoms with van der Waals surface area (Å²) in [5.41, 5.74) is 0.891. The van der Waals surface area contributed by atoms with E-state index in [9.17, 15) is 5.11 Å². The van der Waals surface area contributed by atoms with Crippen LogP contribution in [0.15, 0.2) is 29.2 Å². The monoisotopic (exact) mass is 279 g/mol. The zero-order valence-electron chi connectivity index (χ0n) is 11.1. The molecule has 19 heavy (non-hydrogen) atoms. The average molecular weight is 279 g/mol. The highest BCUT2D eigenvalue weighted by Crippen LogP contribution is 2.38. The second kappa shape index (κ2) is 5.83. The Kier molecular flexibility index (Phi) is 4.12. The third kappa shape index (κ3) is 3.14. The molecule has 1 saturated heterocycles. The Morgan fingerprint density at radius 1 is 1.32 bits per heavy atom. The Balaban J connectivity index is 1.51. The van der Waals surface area contributed by atoms with E-state index in [1.165, 1.54) is 10.5 Å². The Morgan fingerprint density at radius 3 is 2.95 bits per heavy atom. The van der Waals surface area contributed by atoms with Crippen LogP contribution in [0.5, 0.6) is 0 Å². The van der Waals surface area contributed by atoms with E-state index in [0.29, 0.717) is 25.7 Å². The minimum atomic E-state index is -0.566. The molecule has 1 fully saturated rings. The van der Waals surface area contributed by atoms with Crippen molar-refractivity contribution in [3.63, 3.8) is 0 Å². The highest BCUT2D eigenvalue weighted by Gasteiger charge is 2.30. The zero-order valence-corrected chi connectivity index (χ0v) is 11.9. The fraction of sp³-hybridized carbons (Fsp3) is 0.600. The summed E-state index contributed by atoms with van der Waals surface area (Å²) in [6.07, 6.45) is 1.49. The molecule has 2 heterocycles. The van der Waals surface area contributed by atoms with E-state index in [1.807, 2.05) is 11.8 Å². The van der Waals surface area contributed by atoms with Crippen LogP contribution in [0.1, 0.15) is 24.3 Å². The van der Waals surface area contributed by atoms with Crippen molar-refractivity contribution >= 4 is 11.8 Å². The van der Waals surface area contributed by atoms with Crippen LogP contribution in [0.4, 0.5) is 0 Å². The molecule has 0 bridgehead atoms. The van der Waals surface area contributed by atoms with Crippen molar-refractivity contribution in [1.82, 2.24) is 5.32 Å². The van der Waals surface area contributed by atoms with Crippen molar-refractivity contribution in [3.8, 4) is 0 Å². The molecule has 3 nitrogen and oxygen atoms in total. The van der Waals surface area contributed by atoms with E-state index in [4.69, 9.17) is 4.74 Å². The van der Waals surface area contributed by atoms with Crippen LogP contribution in [-0.2, 0) is 4.74 Å². The number of nitrogens with one attached hydrogen (secondary N) is 1. The molecule has 2 aliphatic rings. The molecule has 0 radical (unpaired) electrons. The summed E-state index contributed by atoms with van der Waals surface area (Å²) < 4.78 is 5.30. The van der Waals surface area contributed by atoms with Gasteiger partial charge in [-0.2, -0.15) is 0 Å². The molecule has 0 aliphatic carbocycles. The number of thioether (sulfide) groups is 1. The first-order valence-electron chi connectivity index (χ1n) is 6.99. The highest BCUT2D eigenvalue weighted by molar-refractivity contribution is 7.99. The van der Waals surface area contributed by atoms with E-state index in [-0.39, 0.29) is 0 Å². The molecule has 0 saturated carbocycles. The number of ether oxygens (including phenoxy) is 1. The van der Waals surface area contributed by atoms with Gasteiger partial charge in [-0.15, -0.1) is 11.8 Å². The molecule has 1 unspecified atom stereocenters. The van der Waals surface area contributed by atoms with Crippen LogP contribution in [0.2, 0.25) is 0 Å². The Morgan fingerprint density at radius 2 is 2.11 bits per heavy atom. The topological polar surface area (TPSA) is 41.5 Å². The molecule has 0 aromatic heterocycles. The molecule has 0 amide bonds. The maximum Gasteiger partial charge on any atom is 0.0815 e. The van der Waals surface area contributed by atoms with Crippen molar-refractivity contribution in [2.75, 3.05) is 32.1 Å². The second-order valence-corrected chi connectivity index (χ2v) is 6.58. The summed E-state index contributed by atoms with van der Waals surface area (Å²) in [7, 11) is 0. The lowest BCUT2D eigenvalue weighted by molar-refractivity contribution is -0.0615. The first-order chi connectivity index (χ1) is 9.27. The second-order valence-electron chi connectivity index (χ2n) is 5.51. The predicted octanol–water partition coefficient (Wildman–Crippen LogP) is 2.01. The van der Waals surface area contributed by atoms with Gasteiger partial charge in [0.1, 0.15) is 0 Å². The van der Waals surface area contributed by atoms with Gasteiger partial charge in [0.15, 0.2) is 0 Å². The maximum absolute atomic E-state index is 10.4.